The van der Waals surface area contributed by atoms with Crippen molar-refractivity contribution in [1.29, 1.82) is 0 Å². The SMILES string of the molecule is CNC(=O)C(Cc1ccc(OCC(OC(=O)CCC(=O)O)c2cccc(Cl)c2)cc1)SC=O. The van der Waals surface area contributed by atoms with Crippen LogP contribution in [0.2, 0.25) is 5.02 Å². The van der Waals surface area contributed by atoms with Crippen LogP contribution in [0.3, 0.4) is 0 Å². The molecule has 0 aliphatic heterocycles. The van der Waals surface area contributed by atoms with Gasteiger partial charge in [0.05, 0.1) is 18.1 Å². The van der Waals surface area contributed by atoms with E-state index in [1.807, 2.05) is 0 Å². The van der Waals surface area contributed by atoms with E-state index in [1.54, 1.807) is 48.5 Å². The number of carbonyl (C=O) groups excluding carboxylic acids is 3. The first kappa shape index (κ1) is 26.2. The summed E-state index contributed by atoms with van der Waals surface area (Å²) in [5, 5.41) is 11.2. The van der Waals surface area contributed by atoms with Crippen molar-refractivity contribution in [3.63, 3.8) is 0 Å². The molecule has 0 spiro atoms. The van der Waals surface area contributed by atoms with E-state index in [4.69, 9.17) is 26.2 Å². The fourth-order valence-corrected chi connectivity index (χ4v) is 3.73. The number of thioether (sulfide) groups is 1. The van der Waals surface area contributed by atoms with Crippen molar-refractivity contribution in [2.75, 3.05) is 13.7 Å². The van der Waals surface area contributed by atoms with Gasteiger partial charge < -0.3 is 19.9 Å². The summed E-state index contributed by atoms with van der Waals surface area (Å²) in [6, 6.07) is 13.8. The van der Waals surface area contributed by atoms with Crippen molar-refractivity contribution in [2.45, 2.75) is 30.6 Å². The molecule has 2 aromatic carbocycles. The second-order valence-electron chi connectivity index (χ2n) is 6.92. The predicted octanol–water partition coefficient (Wildman–Crippen LogP) is 3.45. The molecule has 0 saturated carbocycles. The van der Waals surface area contributed by atoms with Crippen LogP contribution in [-0.4, -0.2) is 47.5 Å². The standard InChI is InChI=1S/C23H24ClNO7S/c1-25-23(30)20(33-14-26)11-15-5-7-18(8-6-15)31-13-19(16-3-2-4-17(24)12-16)32-22(29)10-9-21(27)28/h2-8,12,14,19-20H,9-11,13H2,1H3,(H,25,30)(H,27,28). The van der Waals surface area contributed by atoms with Crippen molar-refractivity contribution >= 4 is 46.8 Å². The van der Waals surface area contributed by atoms with Gasteiger partial charge in [-0.3, -0.25) is 19.2 Å². The number of hydrogen-bond acceptors (Lipinski definition) is 7. The van der Waals surface area contributed by atoms with Crippen LogP contribution >= 0.6 is 23.4 Å². The minimum atomic E-state index is -1.09. The maximum Gasteiger partial charge on any atom is 0.307 e. The molecule has 0 aromatic heterocycles. The smallest absolute Gasteiger partial charge is 0.307 e. The molecule has 176 valence electrons. The minimum Gasteiger partial charge on any atom is -0.489 e. The van der Waals surface area contributed by atoms with Gasteiger partial charge >= 0.3 is 11.9 Å². The number of carboxylic acids is 1. The lowest BCUT2D eigenvalue weighted by molar-refractivity contribution is -0.153. The van der Waals surface area contributed by atoms with Gasteiger partial charge in [0.2, 0.25) is 5.91 Å². The number of halogens is 1. The summed E-state index contributed by atoms with van der Waals surface area (Å²) in [5.41, 5.74) is 2.10. The maximum atomic E-state index is 12.1. The van der Waals surface area contributed by atoms with Crippen LogP contribution in [0.4, 0.5) is 0 Å². The first-order chi connectivity index (χ1) is 15.8. The molecule has 0 aliphatic rings. The number of esters is 1. The van der Waals surface area contributed by atoms with E-state index in [0.29, 0.717) is 28.4 Å². The fraction of sp³-hybridized carbons (Fsp3) is 0.304. The summed E-state index contributed by atoms with van der Waals surface area (Å²) < 4.78 is 11.2. The van der Waals surface area contributed by atoms with Gasteiger partial charge in [-0.25, -0.2) is 0 Å². The van der Waals surface area contributed by atoms with Crippen molar-refractivity contribution in [3.05, 3.63) is 64.7 Å². The highest BCUT2D eigenvalue weighted by molar-refractivity contribution is 8.13. The van der Waals surface area contributed by atoms with Crippen LogP contribution in [0.1, 0.15) is 30.1 Å². The van der Waals surface area contributed by atoms with Crippen LogP contribution in [0.5, 0.6) is 5.75 Å². The summed E-state index contributed by atoms with van der Waals surface area (Å²) >= 11 is 6.96. The van der Waals surface area contributed by atoms with Crippen LogP contribution in [0, 0.1) is 0 Å². The number of amides is 1. The summed E-state index contributed by atoms with van der Waals surface area (Å²) in [6.45, 7) is -0.0135. The molecule has 0 fully saturated rings. The van der Waals surface area contributed by atoms with E-state index in [1.165, 1.54) is 7.05 Å². The van der Waals surface area contributed by atoms with Gasteiger partial charge in [-0.2, -0.15) is 0 Å². The lowest BCUT2D eigenvalue weighted by Gasteiger charge is -2.19. The van der Waals surface area contributed by atoms with Crippen LogP contribution in [0.15, 0.2) is 48.5 Å². The average molecular weight is 494 g/mol. The van der Waals surface area contributed by atoms with E-state index in [9.17, 15) is 19.2 Å². The zero-order chi connectivity index (χ0) is 24.2. The molecule has 2 aromatic rings. The van der Waals surface area contributed by atoms with Gasteiger partial charge in [0, 0.05) is 12.1 Å². The van der Waals surface area contributed by atoms with Gasteiger partial charge in [0.1, 0.15) is 12.4 Å². The Labute approximate surface area is 200 Å². The molecular weight excluding hydrogens is 470 g/mol. The molecule has 10 heteroatoms. The van der Waals surface area contributed by atoms with E-state index in [0.717, 1.165) is 17.3 Å². The van der Waals surface area contributed by atoms with Gasteiger partial charge in [-0.15, -0.1) is 0 Å². The van der Waals surface area contributed by atoms with E-state index >= 15 is 0 Å². The number of carboxylic acid groups (broad SMARTS) is 1. The summed E-state index contributed by atoms with van der Waals surface area (Å²) in [4.78, 5) is 45.5. The predicted molar refractivity (Wildman–Crippen MR) is 125 cm³/mol. The maximum absolute atomic E-state index is 12.1. The van der Waals surface area contributed by atoms with Crippen molar-refractivity contribution in [3.8, 4) is 5.75 Å². The first-order valence-electron chi connectivity index (χ1n) is 10.0. The van der Waals surface area contributed by atoms with Crippen molar-refractivity contribution < 1.29 is 33.8 Å². The summed E-state index contributed by atoms with van der Waals surface area (Å²) in [5.74, 6) is -1.48. The third-order valence-corrected chi connectivity index (χ3v) is 5.60. The largest absolute Gasteiger partial charge is 0.489 e. The first-order valence-corrected chi connectivity index (χ1v) is 11.3. The highest BCUT2D eigenvalue weighted by atomic mass is 35.5. The summed E-state index contributed by atoms with van der Waals surface area (Å²) in [6.07, 6.45) is -1.00. The molecule has 1 amide bonds. The van der Waals surface area contributed by atoms with Gasteiger partial charge in [0.25, 0.3) is 0 Å². The third-order valence-electron chi connectivity index (χ3n) is 4.54. The Morgan fingerprint density at radius 1 is 1.15 bits per heavy atom. The Balaban J connectivity index is 2.05. The average Bonchev–Trinajstić information content (AvgIpc) is 2.80. The van der Waals surface area contributed by atoms with E-state index < -0.39 is 23.3 Å². The molecule has 8 nitrogen and oxygen atoms in total. The normalized spacial score (nSPS) is 12.3. The molecule has 2 rings (SSSR count). The monoisotopic (exact) mass is 493 g/mol. The molecule has 0 aliphatic carbocycles. The molecule has 0 bridgehead atoms. The lowest BCUT2D eigenvalue weighted by atomic mass is 10.1. The van der Waals surface area contributed by atoms with Gasteiger partial charge in [-0.1, -0.05) is 47.6 Å². The Bertz CT molecular complexity index is 968. The highest BCUT2D eigenvalue weighted by Crippen LogP contribution is 2.24. The molecule has 0 radical (unpaired) electrons. The molecule has 2 atom stereocenters. The number of ether oxygens (including phenoxy) is 2. The van der Waals surface area contributed by atoms with E-state index in [-0.39, 0.29) is 25.4 Å². The number of nitrogens with one attached hydrogen (secondary N) is 1. The number of rotatable bonds is 13. The fourth-order valence-electron chi connectivity index (χ4n) is 2.87. The Hall–Kier alpha value is -3.04. The van der Waals surface area contributed by atoms with E-state index in [2.05, 4.69) is 5.32 Å². The Morgan fingerprint density at radius 2 is 1.88 bits per heavy atom. The number of aliphatic carboxylic acids is 1. The third kappa shape index (κ3) is 9.15. The number of benzene rings is 2. The number of carbonyl (C=O) groups is 4. The van der Waals surface area contributed by atoms with Crippen LogP contribution in [0.25, 0.3) is 0 Å². The molecular formula is C23H24ClNO7S. The molecule has 0 heterocycles. The zero-order valence-electron chi connectivity index (χ0n) is 17.9. The van der Waals surface area contributed by atoms with Crippen molar-refractivity contribution in [1.82, 2.24) is 5.32 Å². The van der Waals surface area contributed by atoms with Crippen LogP contribution < -0.4 is 10.1 Å². The Kier molecular flexibility index (Phi) is 10.7. The zero-order valence-corrected chi connectivity index (χ0v) is 19.4. The second kappa shape index (κ2) is 13.5. The molecule has 33 heavy (non-hydrogen) atoms. The lowest BCUT2D eigenvalue weighted by Crippen LogP contribution is -2.31. The topological polar surface area (TPSA) is 119 Å². The van der Waals surface area contributed by atoms with Crippen molar-refractivity contribution in [2.24, 2.45) is 0 Å². The summed E-state index contributed by atoms with van der Waals surface area (Å²) in [7, 11) is 1.52. The van der Waals surface area contributed by atoms with Gasteiger partial charge in [-0.05, 0) is 41.8 Å². The molecule has 2 N–H and O–H groups in total. The van der Waals surface area contributed by atoms with Crippen LogP contribution in [-0.2, 0) is 30.3 Å². The molecule has 2 unspecified atom stereocenters. The second-order valence-corrected chi connectivity index (χ2v) is 8.39. The minimum absolute atomic E-state index is 0.0135. The van der Waals surface area contributed by atoms with Gasteiger partial charge in [0.15, 0.2) is 11.7 Å². The highest BCUT2D eigenvalue weighted by Gasteiger charge is 2.20. The Morgan fingerprint density at radius 3 is 2.48 bits per heavy atom. The quantitative estimate of drug-likeness (QED) is 0.321. The molecule has 0 saturated heterocycles. The number of hydrogen-bond donors (Lipinski definition) is 2.